The second-order valence-corrected chi connectivity index (χ2v) is 7.17. The molecule has 8 heteroatoms. The Balaban J connectivity index is 2.02. The van der Waals surface area contributed by atoms with Crippen LogP contribution >= 0.6 is 0 Å². The third-order valence-corrected chi connectivity index (χ3v) is 3.74. The number of benzene rings is 2. The van der Waals surface area contributed by atoms with Crippen molar-refractivity contribution in [1.29, 1.82) is 0 Å². The van der Waals surface area contributed by atoms with Gasteiger partial charge in [-0.2, -0.15) is 13.2 Å². The summed E-state index contributed by atoms with van der Waals surface area (Å²) < 4.78 is 47.0. The Hall–Kier alpha value is -2.90. The molecule has 152 valence electrons. The van der Waals surface area contributed by atoms with Crippen molar-refractivity contribution in [1.82, 2.24) is 0 Å². The average molecular weight is 397 g/mol. The fraction of sp³-hybridized carbons (Fsp3) is 0.350. The van der Waals surface area contributed by atoms with Crippen molar-refractivity contribution in [2.75, 3.05) is 18.5 Å². The molecule has 5 nitrogen and oxygen atoms in total. The molecule has 1 amide bonds. The maximum atomic E-state index is 12.3. The first-order chi connectivity index (χ1) is 13.0. The van der Waals surface area contributed by atoms with Gasteiger partial charge in [0.15, 0.2) is 24.7 Å². The maximum absolute atomic E-state index is 12.3. The van der Waals surface area contributed by atoms with Crippen LogP contribution in [0.3, 0.4) is 0 Å². The monoisotopic (exact) mass is 397 g/mol. The van der Waals surface area contributed by atoms with Gasteiger partial charge in [-0.15, -0.1) is 0 Å². The van der Waals surface area contributed by atoms with E-state index in [1.165, 1.54) is 24.3 Å². The quantitative estimate of drug-likeness (QED) is 0.697. The highest BCUT2D eigenvalue weighted by molar-refractivity contribution is 5.93. The lowest BCUT2D eigenvalue weighted by Gasteiger charge is -2.20. The molecule has 0 radical (unpaired) electrons. The lowest BCUT2D eigenvalue weighted by Crippen LogP contribution is -2.22. The van der Waals surface area contributed by atoms with Crippen molar-refractivity contribution in [2.24, 2.45) is 0 Å². The largest absolute Gasteiger partial charge is 0.506 e. The second kappa shape index (κ2) is 8.41. The molecule has 0 saturated heterocycles. The van der Waals surface area contributed by atoms with Gasteiger partial charge in [-0.1, -0.05) is 39.0 Å². The topological polar surface area (TPSA) is 67.8 Å². The summed E-state index contributed by atoms with van der Waals surface area (Å²) in [5.74, 6) is -0.790. The number of hydrogen-bond acceptors (Lipinski definition) is 4. The van der Waals surface area contributed by atoms with Crippen molar-refractivity contribution in [3.8, 4) is 17.2 Å². The van der Waals surface area contributed by atoms with E-state index in [9.17, 15) is 23.1 Å². The Labute approximate surface area is 161 Å². The highest BCUT2D eigenvalue weighted by Gasteiger charge is 2.29. The van der Waals surface area contributed by atoms with Gasteiger partial charge in [-0.3, -0.25) is 4.79 Å². The number of aromatic hydroxyl groups is 1. The van der Waals surface area contributed by atoms with Crippen LogP contribution in [-0.4, -0.2) is 30.4 Å². The first-order valence-corrected chi connectivity index (χ1v) is 8.50. The molecular formula is C20H22F3NO4. The maximum Gasteiger partial charge on any atom is 0.422 e. The van der Waals surface area contributed by atoms with Gasteiger partial charge in [-0.05, 0) is 35.2 Å². The standard InChI is InChI=1S/C20H22F3NO4/c1-19(2,3)13-8-9-15(25)14(10-13)24-18(26)11-27-16-6-4-5-7-17(16)28-12-20(21,22)23/h4-10,25H,11-12H2,1-3H3,(H,24,26). The normalized spacial score (nSPS) is 11.8. The number of amides is 1. The summed E-state index contributed by atoms with van der Waals surface area (Å²) in [6.07, 6.45) is -4.49. The first kappa shape index (κ1) is 21.4. The minimum Gasteiger partial charge on any atom is -0.506 e. The number of phenols is 1. The molecular weight excluding hydrogens is 375 g/mol. The smallest absolute Gasteiger partial charge is 0.422 e. The lowest BCUT2D eigenvalue weighted by molar-refractivity contribution is -0.153. The fourth-order valence-electron chi connectivity index (χ4n) is 2.28. The zero-order valence-corrected chi connectivity index (χ0v) is 15.8. The summed E-state index contributed by atoms with van der Waals surface area (Å²) in [7, 11) is 0. The molecule has 0 bridgehead atoms. The third-order valence-electron chi connectivity index (χ3n) is 3.74. The van der Waals surface area contributed by atoms with Crippen LogP contribution < -0.4 is 14.8 Å². The van der Waals surface area contributed by atoms with Gasteiger partial charge in [-0.25, -0.2) is 0 Å². The summed E-state index contributed by atoms with van der Waals surface area (Å²) in [4.78, 5) is 12.2. The number of rotatable bonds is 6. The zero-order chi connectivity index (χ0) is 20.9. The number of ether oxygens (including phenoxy) is 2. The number of phenolic OH excluding ortho intramolecular Hbond substituents is 1. The van der Waals surface area contributed by atoms with Crippen molar-refractivity contribution in [2.45, 2.75) is 32.4 Å². The van der Waals surface area contributed by atoms with Gasteiger partial charge in [0.25, 0.3) is 5.91 Å². The second-order valence-electron chi connectivity index (χ2n) is 7.17. The molecule has 0 spiro atoms. The molecule has 0 unspecified atom stereocenters. The van der Waals surface area contributed by atoms with Crippen molar-refractivity contribution >= 4 is 11.6 Å². The Morgan fingerprint density at radius 3 is 2.21 bits per heavy atom. The molecule has 0 fully saturated rings. The van der Waals surface area contributed by atoms with E-state index in [-0.39, 0.29) is 28.4 Å². The minimum absolute atomic E-state index is 0.00886. The van der Waals surface area contributed by atoms with E-state index in [1.54, 1.807) is 18.2 Å². The van der Waals surface area contributed by atoms with E-state index in [4.69, 9.17) is 9.47 Å². The number of anilines is 1. The van der Waals surface area contributed by atoms with Gasteiger partial charge in [0.1, 0.15) is 5.75 Å². The summed E-state index contributed by atoms with van der Waals surface area (Å²) in [5, 5.41) is 12.5. The van der Waals surface area contributed by atoms with Crippen LogP contribution in [0.1, 0.15) is 26.3 Å². The van der Waals surface area contributed by atoms with Crippen LogP contribution in [0.25, 0.3) is 0 Å². The predicted octanol–water partition coefficient (Wildman–Crippen LogP) is 4.65. The summed E-state index contributed by atoms with van der Waals surface area (Å²) in [6, 6.07) is 10.7. The van der Waals surface area contributed by atoms with Gasteiger partial charge >= 0.3 is 6.18 Å². The molecule has 0 saturated carbocycles. The Morgan fingerprint density at radius 1 is 1.04 bits per heavy atom. The van der Waals surface area contributed by atoms with Crippen LogP contribution in [0.5, 0.6) is 17.2 Å². The average Bonchev–Trinajstić information content (AvgIpc) is 2.59. The summed E-state index contributed by atoms with van der Waals surface area (Å²) in [5.41, 5.74) is 0.952. The van der Waals surface area contributed by atoms with E-state index >= 15 is 0 Å². The predicted molar refractivity (Wildman–Crippen MR) is 98.9 cm³/mol. The molecule has 0 aromatic heterocycles. The number of hydrogen-bond donors (Lipinski definition) is 2. The van der Waals surface area contributed by atoms with E-state index in [2.05, 4.69) is 5.32 Å². The minimum atomic E-state index is -4.49. The van der Waals surface area contributed by atoms with E-state index in [1.807, 2.05) is 20.8 Å². The third kappa shape index (κ3) is 6.37. The van der Waals surface area contributed by atoms with Crippen LogP contribution in [0.4, 0.5) is 18.9 Å². The number of carbonyl (C=O) groups is 1. The first-order valence-electron chi connectivity index (χ1n) is 8.50. The molecule has 2 N–H and O–H groups in total. The zero-order valence-electron chi connectivity index (χ0n) is 15.8. The van der Waals surface area contributed by atoms with E-state index < -0.39 is 25.3 Å². The lowest BCUT2D eigenvalue weighted by atomic mass is 9.87. The van der Waals surface area contributed by atoms with Gasteiger partial charge in [0.2, 0.25) is 0 Å². The van der Waals surface area contributed by atoms with E-state index in [0.29, 0.717) is 0 Å². The molecule has 0 aliphatic carbocycles. The highest BCUT2D eigenvalue weighted by atomic mass is 19.4. The number of alkyl halides is 3. The van der Waals surface area contributed by atoms with Crippen LogP contribution in [0, 0.1) is 0 Å². The van der Waals surface area contributed by atoms with Crippen molar-refractivity contribution in [3.05, 3.63) is 48.0 Å². The van der Waals surface area contributed by atoms with Gasteiger partial charge < -0.3 is 19.9 Å². The van der Waals surface area contributed by atoms with Crippen LogP contribution in [0.15, 0.2) is 42.5 Å². The van der Waals surface area contributed by atoms with Gasteiger partial charge in [0, 0.05) is 0 Å². The number of para-hydroxylation sites is 2. The Kier molecular flexibility index (Phi) is 6.43. The molecule has 2 aromatic rings. The number of halogens is 3. The van der Waals surface area contributed by atoms with Crippen molar-refractivity contribution < 1.29 is 32.5 Å². The van der Waals surface area contributed by atoms with Crippen LogP contribution in [0.2, 0.25) is 0 Å². The number of nitrogens with one attached hydrogen (secondary N) is 1. The summed E-state index contributed by atoms with van der Waals surface area (Å²) in [6.45, 7) is 4.04. The van der Waals surface area contributed by atoms with E-state index in [0.717, 1.165) is 5.56 Å². The van der Waals surface area contributed by atoms with Gasteiger partial charge in [0.05, 0.1) is 5.69 Å². The molecule has 0 aliphatic heterocycles. The Bertz CT molecular complexity index is 829. The highest BCUT2D eigenvalue weighted by Crippen LogP contribution is 2.31. The Morgan fingerprint density at radius 2 is 1.64 bits per heavy atom. The van der Waals surface area contributed by atoms with Crippen LogP contribution in [-0.2, 0) is 10.2 Å². The SMILES string of the molecule is CC(C)(C)c1ccc(O)c(NC(=O)COc2ccccc2OCC(F)(F)F)c1. The molecule has 28 heavy (non-hydrogen) atoms. The molecule has 0 heterocycles. The number of carbonyl (C=O) groups excluding carboxylic acids is 1. The van der Waals surface area contributed by atoms with Crippen molar-refractivity contribution in [3.63, 3.8) is 0 Å². The molecule has 2 rings (SSSR count). The molecule has 0 aliphatic rings. The fourth-order valence-corrected chi connectivity index (χ4v) is 2.28. The molecule has 0 atom stereocenters. The summed E-state index contributed by atoms with van der Waals surface area (Å²) >= 11 is 0. The molecule has 2 aromatic carbocycles.